The molecule has 74 valence electrons. The van der Waals surface area contributed by atoms with Crippen LogP contribution in [0.1, 0.15) is 45.4 Å². The second-order valence-corrected chi connectivity index (χ2v) is 3.11. The van der Waals surface area contributed by atoms with Gasteiger partial charge in [0.15, 0.2) is 0 Å². The van der Waals surface area contributed by atoms with Gasteiger partial charge in [-0.05, 0) is 38.2 Å². The molecule has 0 atom stereocenters. The lowest BCUT2D eigenvalue weighted by Crippen LogP contribution is -1.73. The van der Waals surface area contributed by atoms with Crippen molar-refractivity contribution in [3.63, 3.8) is 0 Å². The van der Waals surface area contributed by atoms with Gasteiger partial charge in [0.05, 0.1) is 0 Å². The lowest BCUT2D eigenvalue weighted by atomic mass is 10.1. The van der Waals surface area contributed by atoms with E-state index in [4.69, 9.17) is 0 Å². The van der Waals surface area contributed by atoms with Crippen LogP contribution in [0, 0.1) is 0 Å². The van der Waals surface area contributed by atoms with E-state index in [1.807, 2.05) is 6.08 Å². The quantitative estimate of drug-likeness (QED) is 0.241. The largest absolute Gasteiger partial charge is 0.299 e. The van der Waals surface area contributed by atoms with Gasteiger partial charge in [-0.2, -0.15) is 0 Å². The molecule has 0 spiro atoms. The number of carbonyl (C=O) groups is 1. The molecule has 1 nitrogen and oxygen atoms in total. The Hall–Kier alpha value is -0.850. The van der Waals surface area contributed by atoms with Crippen molar-refractivity contribution in [3.05, 3.63) is 24.3 Å². The van der Waals surface area contributed by atoms with Crippen LogP contribution in [-0.4, -0.2) is 6.29 Å². The Kier molecular flexibility index (Phi) is 10.4. The van der Waals surface area contributed by atoms with Gasteiger partial charge in [0.25, 0.3) is 0 Å². The summed E-state index contributed by atoms with van der Waals surface area (Å²) in [4.78, 5) is 9.91. The normalized spacial score (nSPS) is 11.5. The molecule has 0 aromatic rings. The van der Waals surface area contributed by atoms with E-state index < -0.39 is 0 Å². The Morgan fingerprint density at radius 2 is 1.54 bits per heavy atom. The molecule has 0 bridgehead atoms. The molecule has 0 saturated carbocycles. The van der Waals surface area contributed by atoms with E-state index in [9.17, 15) is 4.79 Å². The third-order valence-electron chi connectivity index (χ3n) is 1.83. The minimum atomic E-state index is 0.834. The maximum atomic E-state index is 9.91. The van der Waals surface area contributed by atoms with Crippen molar-refractivity contribution in [2.24, 2.45) is 0 Å². The van der Waals surface area contributed by atoms with Gasteiger partial charge in [-0.15, -0.1) is 0 Å². The molecule has 0 aromatic carbocycles. The first-order valence-corrected chi connectivity index (χ1v) is 5.17. The zero-order valence-corrected chi connectivity index (χ0v) is 8.54. The highest BCUT2D eigenvalue weighted by atomic mass is 16.1. The fourth-order valence-corrected chi connectivity index (χ4v) is 1.08. The number of hydrogen-bond acceptors (Lipinski definition) is 1. The molecule has 0 aliphatic carbocycles. The van der Waals surface area contributed by atoms with Crippen LogP contribution >= 0.6 is 0 Å². The maximum absolute atomic E-state index is 9.91. The van der Waals surface area contributed by atoms with Gasteiger partial charge >= 0.3 is 0 Å². The van der Waals surface area contributed by atoms with E-state index in [0.29, 0.717) is 0 Å². The van der Waals surface area contributed by atoms with Crippen LogP contribution in [0.4, 0.5) is 0 Å². The first kappa shape index (κ1) is 12.2. The first-order valence-electron chi connectivity index (χ1n) is 5.17. The first-order chi connectivity index (χ1) is 6.41. The zero-order chi connectivity index (χ0) is 9.78. The van der Waals surface area contributed by atoms with E-state index in [-0.39, 0.29) is 0 Å². The molecule has 0 amide bonds. The number of hydrogen-bond donors (Lipinski definition) is 0. The molecule has 0 radical (unpaired) electrons. The molecule has 0 N–H and O–H groups in total. The van der Waals surface area contributed by atoms with Crippen molar-refractivity contribution in [2.75, 3.05) is 0 Å². The minimum absolute atomic E-state index is 0.834. The average molecular weight is 180 g/mol. The summed E-state index contributed by atoms with van der Waals surface area (Å²) >= 11 is 0. The molecule has 13 heavy (non-hydrogen) atoms. The summed E-state index contributed by atoms with van der Waals surface area (Å²) in [5.41, 5.74) is 0. The van der Waals surface area contributed by atoms with Crippen LogP contribution < -0.4 is 0 Å². The highest BCUT2D eigenvalue weighted by Crippen LogP contribution is 2.02. The van der Waals surface area contributed by atoms with E-state index in [2.05, 4.69) is 19.1 Å². The SMILES string of the molecule is CCC/C=C/CCCC/C=C/C=O. The monoisotopic (exact) mass is 180 g/mol. The Morgan fingerprint density at radius 3 is 2.15 bits per heavy atom. The Morgan fingerprint density at radius 1 is 0.923 bits per heavy atom. The standard InChI is InChI=1S/C12H20O/c1-2-3-4-5-6-7-8-9-10-11-12-13/h4-5,10-12H,2-3,6-9H2,1H3/b5-4+,11-10+. The van der Waals surface area contributed by atoms with Gasteiger partial charge in [-0.3, -0.25) is 4.79 Å². The van der Waals surface area contributed by atoms with Gasteiger partial charge in [0, 0.05) is 0 Å². The molecule has 0 aliphatic rings. The van der Waals surface area contributed by atoms with Crippen LogP contribution in [0.15, 0.2) is 24.3 Å². The van der Waals surface area contributed by atoms with Crippen molar-refractivity contribution in [1.82, 2.24) is 0 Å². The highest BCUT2D eigenvalue weighted by Gasteiger charge is 1.82. The van der Waals surface area contributed by atoms with Gasteiger partial charge in [0.1, 0.15) is 6.29 Å². The van der Waals surface area contributed by atoms with E-state index >= 15 is 0 Å². The number of rotatable bonds is 8. The highest BCUT2D eigenvalue weighted by molar-refractivity contribution is 5.64. The van der Waals surface area contributed by atoms with Crippen molar-refractivity contribution in [1.29, 1.82) is 0 Å². The Labute approximate surface area is 81.5 Å². The van der Waals surface area contributed by atoms with Crippen molar-refractivity contribution >= 4 is 6.29 Å². The maximum Gasteiger partial charge on any atom is 0.142 e. The van der Waals surface area contributed by atoms with Crippen molar-refractivity contribution < 1.29 is 4.79 Å². The van der Waals surface area contributed by atoms with Gasteiger partial charge < -0.3 is 0 Å². The summed E-state index contributed by atoms with van der Waals surface area (Å²) in [5, 5.41) is 0. The van der Waals surface area contributed by atoms with E-state index in [0.717, 1.165) is 12.7 Å². The molecule has 0 unspecified atom stereocenters. The fraction of sp³-hybridized carbons (Fsp3) is 0.583. The van der Waals surface area contributed by atoms with E-state index in [1.165, 1.54) is 32.1 Å². The van der Waals surface area contributed by atoms with Crippen LogP contribution in [0.25, 0.3) is 0 Å². The molecule has 0 rings (SSSR count). The van der Waals surface area contributed by atoms with Gasteiger partial charge in [0.2, 0.25) is 0 Å². The molecule has 0 heterocycles. The molecule has 0 aliphatic heterocycles. The molecular weight excluding hydrogens is 160 g/mol. The van der Waals surface area contributed by atoms with Crippen LogP contribution in [-0.2, 0) is 4.79 Å². The summed E-state index contributed by atoms with van der Waals surface area (Å²) in [6.07, 6.45) is 15.9. The predicted octanol–water partition coefficient (Wildman–Crippen LogP) is 3.66. The summed E-state index contributed by atoms with van der Waals surface area (Å²) in [6, 6.07) is 0. The summed E-state index contributed by atoms with van der Waals surface area (Å²) in [6.45, 7) is 2.19. The number of allylic oxidation sites excluding steroid dienone is 4. The lowest BCUT2D eigenvalue weighted by Gasteiger charge is -1.92. The third kappa shape index (κ3) is 11.1. The Balaban J connectivity index is 3.07. The number of carbonyl (C=O) groups excluding carboxylic acids is 1. The molecule has 0 aromatic heterocycles. The van der Waals surface area contributed by atoms with Crippen LogP contribution in [0.2, 0.25) is 0 Å². The molecular formula is C12H20O. The third-order valence-corrected chi connectivity index (χ3v) is 1.83. The summed E-state index contributed by atoms with van der Waals surface area (Å²) < 4.78 is 0. The summed E-state index contributed by atoms with van der Waals surface area (Å²) in [5.74, 6) is 0. The topological polar surface area (TPSA) is 17.1 Å². The van der Waals surface area contributed by atoms with E-state index in [1.54, 1.807) is 6.08 Å². The smallest absolute Gasteiger partial charge is 0.142 e. The van der Waals surface area contributed by atoms with Gasteiger partial charge in [-0.25, -0.2) is 0 Å². The molecule has 1 heteroatoms. The molecule has 0 fully saturated rings. The number of aldehydes is 1. The predicted molar refractivity (Wildman–Crippen MR) is 57.7 cm³/mol. The van der Waals surface area contributed by atoms with Crippen molar-refractivity contribution in [2.45, 2.75) is 45.4 Å². The fourth-order valence-electron chi connectivity index (χ4n) is 1.08. The van der Waals surface area contributed by atoms with Crippen LogP contribution in [0.5, 0.6) is 0 Å². The molecule has 0 saturated heterocycles. The zero-order valence-electron chi connectivity index (χ0n) is 8.54. The second-order valence-electron chi connectivity index (χ2n) is 3.11. The average Bonchev–Trinajstić information content (AvgIpc) is 2.16. The lowest BCUT2D eigenvalue weighted by molar-refractivity contribution is -0.104. The van der Waals surface area contributed by atoms with Gasteiger partial charge in [-0.1, -0.05) is 31.6 Å². The minimum Gasteiger partial charge on any atom is -0.299 e. The summed E-state index contributed by atoms with van der Waals surface area (Å²) in [7, 11) is 0. The number of unbranched alkanes of at least 4 members (excludes halogenated alkanes) is 4. The second kappa shape index (κ2) is 11.2. The van der Waals surface area contributed by atoms with Crippen molar-refractivity contribution in [3.8, 4) is 0 Å². The van der Waals surface area contributed by atoms with Crippen LogP contribution in [0.3, 0.4) is 0 Å². The Bertz CT molecular complexity index is 157.